The molecule has 0 saturated carbocycles. The van der Waals surface area contributed by atoms with Crippen LogP contribution in [0.4, 0.5) is 0 Å². The smallest absolute Gasteiger partial charge is 0.310 e. The van der Waals surface area contributed by atoms with E-state index in [9.17, 15) is 4.79 Å². The number of carbonyl (C=O) groups excluding carboxylic acids is 1. The third kappa shape index (κ3) is 3.76. The number of alkyl halides is 1. The Labute approximate surface area is 114 Å². The van der Waals surface area contributed by atoms with E-state index in [2.05, 4.69) is 34.6 Å². The summed E-state index contributed by atoms with van der Waals surface area (Å²) in [7, 11) is 0. The number of hydrogen-bond acceptors (Lipinski definition) is 4. The van der Waals surface area contributed by atoms with Crippen LogP contribution in [0, 0.1) is 11.3 Å². The van der Waals surface area contributed by atoms with Gasteiger partial charge in [0.2, 0.25) is 0 Å². The van der Waals surface area contributed by atoms with Crippen LogP contribution in [0.1, 0.15) is 23.6 Å². The summed E-state index contributed by atoms with van der Waals surface area (Å²) in [5, 5.41) is 9.63. The topological polar surface area (TPSA) is 50.1 Å². The Bertz CT molecular complexity index is 468. The van der Waals surface area contributed by atoms with Crippen molar-refractivity contribution in [3.05, 3.63) is 28.8 Å². The first-order valence-electron chi connectivity index (χ1n) is 5.08. The molecule has 0 bridgehead atoms. The fraction of sp³-hybridized carbons (Fsp3) is 0.333. The molecule has 0 aliphatic heterocycles. The van der Waals surface area contributed by atoms with Crippen molar-refractivity contribution in [2.75, 3.05) is 6.61 Å². The molecule has 0 amide bonds. The van der Waals surface area contributed by atoms with Gasteiger partial charge in [-0.05, 0) is 24.1 Å². The highest BCUT2D eigenvalue weighted by Gasteiger charge is 2.11. The molecule has 5 heteroatoms. The maximum atomic E-state index is 11.4. The van der Waals surface area contributed by atoms with Crippen LogP contribution >= 0.6 is 28.6 Å². The van der Waals surface area contributed by atoms with Crippen molar-refractivity contribution in [2.45, 2.75) is 23.6 Å². The van der Waals surface area contributed by atoms with Gasteiger partial charge in [-0.2, -0.15) is 5.26 Å². The predicted molar refractivity (Wildman–Crippen MR) is 71.4 cm³/mol. The molecule has 0 aromatic heterocycles. The molecule has 0 aliphatic carbocycles. The number of halogens is 1. The standard InChI is InChI=1S/C12H12BrNO2S/c1-2-16-12(15)5-8-3-9(6-13)11(17)4-10(8)7-14/h3-4,17H,2,5-6H2,1H3. The minimum absolute atomic E-state index is 0.116. The number of hydrogen-bond donors (Lipinski definition) is 1. The monoisotopic (exact) mass is 313 g/mol. The molecule has 0 fully saturated rings. The maximum absolute atomic E-state index is 11.4. The van der Waals surface area contributed by atoms with Crippen LogP contribution in [0.2, 0.25) is 0 Å². The zero-order chi connectivity index (χ0) is 12.8. The summed E-state index contributed by atoms with van der Waals surface area (Å²) in [6.07, 6.45) is 0.116. The van der Waals surface area contributed by atoms with Crippen LogP contribution in [0.5, 0.6) is 0 Å². The van der Waals surface area contributed by atoms with E-state index in [-0.39, 0.29) is 12.4 Å². The van der Waals surface area contributed by atoms with Crippen molar-refractivity contribution >= 4 is 34.5 Å². The van der Waals surface area contributed by atoms with Gasteiger partial charge >= 0.3 is 5.97 Å². The zero-order valence-electron chi connectivity index (χ0n) is 9.36. The van der Waals surface area contributed by atoms with Crippen LogP contribution < -0.4 is 0 Å². The first-order valence-corrected chi connectivity index (χ1v) is 6.65. The molecule has 1 aromatic carbocycles. The summed E-state index contributed by atoms with van der Waals surface area (Å²) in [4.78, 5) is 12.1. The van der Waals surface area contributed by atoms with Gasteiger partial charge in [0, 0.05) is 10.2 Å². The Morgan fingerprint density at radius 2 is 2.24 bits per heavy atom. The molecule has 1 rings (SSSR count). The fourth-order valence-electron chi connectivity index (χ4n) is 1.41. The van der Waals surface area contributed by atoms with Gasteiger partial charge in [0.15, 0.2) is 0 Å². The molecule has 17 heavy (non-hydrogen) atoms. The Morgan fingerprint density at radius 1 is 1.53 bits per heavy atom. The number of thiol groups is 1. The van der Waals surface area contributed by atoms with Crippen molar-refractivity contribution in [2.24, 2.45) is 0 Å². The molecule has 1 aromatic rings. The minimum Gasteiger partial charge on any atom is -0.466 e. The van der Waals surface area contributed by atoms with Crippen LogP contribution in [0.25, 0.3) is 0 Å². The van der Waals surface area contributed by atoms with Gasteiger partial charge in [0.25, 0.3) is 0 Å². The second-order valence-corrected chi connectivity index (χ2v) is 4.41. The molecule has 0 heterocycles. The molecule has 0 radical (unpaired) electrons. The summed E-state index contributed by atoms with van der Waals surface area (Å²) >= 11 is 7.62. The molecule has 90 valence electrons. The Morgan fingerprint density at radius 3 is 2.76 bits per heavy atom. The number of nitrogens with zero attached hydrogens (tertiary/aromatic N) is 1. The van der Waals surface area contributed by atoms with E-state index in [0.717, 1.165) is 10.5 Å². The molecular weight excluding hydrogens is 302 g/mol. The average Bonchev–Trinajstić information content (AvgIpc) is 2.31. The quantitative estimate of drug-likeness (QED) is 0.528. The summed E-state index contributed by atoms with van der Waals surface area (Å²) in [6, 6.07) is 5.55. The van der Waals surface area contributed by atoms with E-state index in [0.29, 0.717) is 23.1 Å². The average molecular weight is 314 g/mol. The number of ether oxygens (including phenoxy) is 1. The predicted octanol–water partition coefficient (Wildman–Crippen LogP) is 2.85. The summed E-state index contributed by atoms with van der Waals surface area (Å²) < 4.78 is 4.87. The van der Waals surface area contributed by atoms with Gasteiger partial charge in [-0.15, -0.1) is 12.6 Å². The lowest BCUT2D eigenvalue weighted by Crippen LogP contribution is -2.09. The van der Waals surface area contributed by atoms with E-state index in [1.54, 1.807) is 13.0 Å². The van der Waals surface area contributed by atoms with Crippen molar-refractivity contribution < 1.29 is 9.53 Å². The van der Waals surface area contributed by atoms with Crippen molar-refractivity contribution in [3.63, 3.8) is 0 Å². The van der Waals surface area contributed by atoms with E-state index < -0.39 is 0 Å². The van der Waals surface area contributed by atoms with E-state index >= 15 is 0 Å². The van der Waals surface area contributed by atoms with Gasteiger partial charge in [-0.25, -0.2) is 0 Å². The zero-order valence-corrected chi connectivity index (χ0v) is 11.8. The normalized spacial score (nSPS) is 9.76. The van der Waals surface area contributed by atoms with E-state index in [1.165, 1.54) is 0 Å². The highest BCUT2D eigenvalue weighted by molar-refractivity contribution is 9.08. The Hall–Kier alpha value is -0.990. The second-order valence-electron chi connectivity index (χ2n) is 3.37. The van der Waals surface area contributed by atoms with Gasteiger partial charge in [0.1, 0.15) is 0 Å². The third-order valence-corrected chi connectivity index (χ3v) is 3.23. The summed E-state index contributed by atoms with van der Waals surface area (Å²) in [5.74, 6) is -0.323. The maximum Gasteiger partial charge on any atom is 0.310 e. The van der Waals surface area contributed by atoms with Crippen molar-refractivity contribution in [3.8, 4) is 6.07 Å². The van der Waals surface area contributed by atoms with Gasteiger partial charge in [-0.1, -0.05) is 22.0 Å². The fourth-order valence-corrected chi connectivity index (χ4v) is 2.36. The SMILES string of the molecule is CCOC(=O)Cc1cc(CBr)c(S)cc1C#N. The molecule has 0 spiro atoms. The molecule has 0 unspecified atom stereocenters. The van der Waals surface area contributed by atoms with Gasteiger partial charge in [0.05, 0.1) is 24.7 Å². The highest BCUT2D eigenvalue weighted by atomic mass is 79.9. The number of esters is 1. The van der Waals surface area contributed by atoms with Crippen molar-refractivity contribution in [1.82, 2.24) is 0 Å². The van der Waals surface area contributed by atoms with Crippen LogP contribution in [0.15, 0.2) is 17.0 Å². The first kappa shape index (κ1) is 14.1. The van der Waals surface area contributed by atoms with Gasteiger partial charge < -0.3 is 4.74 Å². The highest BCUT2D eigenvalue weighted by Crippen LogP contribution is 2.22. The van der Waals surface area contributed by atoms with Gasteiger partial charge in [-0.3, -0.25) is 4.79 Å². The molecular formula is C12H12BrNO2S. The van der Waals surface area contributed by atoms with E-state index in [4.69, 9.17) is 10.00 Å². The minimum atomic E-state index is -0.323. The Balaban J connectivity index is 3.05. The van der Waals surface area contributed by atoms with Crippen LogP contribution in [-0.4, -0.2) is 12.6 Å². The number of benzene rings is 1. The largest absolute Gasteiger partial charge is 0.466 e. The second kappa shape index (κ2) is 6.67. The lowest BCUT2D eigenvalue weighted by Gasteiger charge is -2.08. The summed E-state index contributed by atoms with van der Waals surface area (Å²) in [6.45, 7) is 2.10. The lowest BCUT2D eigenvalue weighted by atomic mass is 10.0. The van der Waals surface area contributed by atoms with E-state index in [1.807, 2.05) is 6.07 Å². The van der Waals surface area contributed by atoms with Crippen molar-refractivity contribution in [1.29, 1.82) is 5.26 Å². The first-order chi connectivity index (χ1) is 8.12. The summed E-state index contributed by atoms with van der Waals surface area (Å²) in [5.41, 5.74) is 2.09. The lowest BCUT2D eigenvalue weighted by molar-refractivity contribution is -0.142. The number of rotatable bonds is 4. The molecule has 0 saturated heterocycles. The third-order valence-electron chi connectivity index (χ3n) is 2.21. The molecule has 0 atom stereocenters. The number of nitriles is 1. The Kier molecular flexibility index (Phi) is 5.52. The molecule has 0 N–H and O–H groups in total. The van der Waals surface area contributed by atoms with Crippen LogP contribution in [0.3, 0.4) is 0 Å². The van der Waals surface area contributed by atoms with Crippen LogP contribution in [-0.2, 0) is 21.3 Å². The molecule has 3 nitrogen and oxygen atoms in total. The molecule has 0 aliphatic rings. The number of carbonyl (C=O) groups is 1.